The van der Waals surface area contributed by atoms with Gasteiger partial charge in [-0.3, -0.25) is 9.63 Å². The Labute approximate surface area is 135 Å². The fourth-order valence-electron chi connectivity index (χ4n) is 2.46. The van der Waals surface area contributed by atoms with Crippen molar-refractivity contribution in [2.24, 2.45) is 0 Å². The number of aryl methyl sites for hydroxylation is 2. The van der Waals surface area contributed by atoms with E-state index in [1.807, 2.05) is 43.3 Å². The van der Waals surface area contributed by atoms with Crippen molar-refractivity contribution in [3.63, 3.8) is 0 Å². The first-order chi connectivity index (χ1) is 11.1. The summed E-state index contributed by atoms with van der Waals surface area (Å²) in [4.78, 5) is 17.3. The van der Waals surface area contributed by atoms with Crippen LogP contribution in [0.25, 0.3) is 11.0 Å². The summed E-state index contributed by atoms with van der Waals surface area (Å²) in [5.41, 5.74) is 7.51. The van der Waals surface area contributed by atoms with Gasteiger partial charge in [0.2, 0.25) is 5.91 Å². The van der Waals surface area contributed by atoms with E-state index >= 15 is 0 Å². The number of hydrogen-bond acceptors (Lipinski definition) is 3. The number of nitrogens with one attached hydrogen (secondary N) is 1. The molecule has 0 aliphatic carbocycles. The molecule has 1 heterocycles. The van der Waals surface area contributed by atoms with Gasteiger partial charge in [0.1, 0.15) is 5.58 Å². The van der Waals surface area contributed by atoms with Gasteiger partial charge in [-0.25, -0.2) is 5.48 Å². The summed E-state index contributed by atoms with van der Waals surface area (Å²) in [7, 11) is 0. The van der Waals surface area contributed by atoms with Crippen LogP contribution in [-0.4, -0.2) is 5.91 Å². The maximum absolute atomic E-state index is 12.0. The smallest absolute Gasteiger partial charge is 0.248 e. The Bertz CT molecular complexity index is 821. The second-order valence-electron chi connectivity index (χ2n) is 5.67. The van der Waals surface area contributed by atoms with Crippen molar-refractivity contribution in [3.8, 4) is 0 Å². The van der Waals surface area contributed by atoms with Crippen LogP contribution in [0.15, 0.2) is 53.1 Å². The first-order valence-electron chi connectivity index (χ1n) is 7.55. The van der Waals surface area contributed by atoms with Gasteiger partial charge in [0, 0.05) is 10.9 Å². The first kappa shape index (κ1) is 15.3. The quantitative estimate of drug-likeness (QED) is 0.729. The van der Waals surface area contributed by atoms with Gasteiger partial charge in [-0.15, -0.1) is 0 Å². The van der Waals surface area contributed by atoms with Crippen molar-refractivity contribution in [2.75, 3.05) is 0 Å². The lowest BCUT2D eigenvalue weighted by Crippen LogP contribution is -2.25. The largest absolute Gasteiger partial charge is 0.464 e. The molecule has 1 N–H and O–H groups in total. The summed E-state index contributed by atoms with van der Waals surface area (Å²) >= 11 is 0. The minimum absolute atomic E-state index is 0.193. The van der Waals surface area contributed by atoms with Gasteiger partial charge >= 0.3 is 0 Å². The van der Waals surface area contributed by atoms with Gasteiger partial charge < -0.3 is 4.42 Å². The van der Waals surface area contributed by atoms with E-state index in [4.69, 9.17) is 9.25 Å². The molecule has 0 saturated heterocycles. The number of benzene rings is 2. The number of carbonyl (C=O) groups excluding carboxylic acids is 1. The molecule has 118 valence electrons. The van der Waals surface area contributed by atoms with E-state index in [1.165, 1.54) is 11.1 Å². The van der Waals surface area contributed by atoms with Crippen LogP contribution in [0.4, 0.5) is 0 Å². The first-order valence-corrected chi connectivity index (χ1v) is 7.55. The van der Waals surface area contributed by atoms with Crippen LogP contribution in [0, 0.1) is 13.8 Å². The highest BCUT2D eigenvalue weighted by molar-refractivity contribution is 5.88. The Kier molecular flexibility index (Phi) is 4.44. The molecule has 0 aliphatic heterocycles. The highest BCUT2D eigenvalue weighted by Gasteiger charge is 2.11. The maximum Gasteiger partial charge on any atom is 0.248 e. The number of fused-ring (bicyclic) bond motifs is 1. The fraction of sp³-hybridized carbons (Fsp3) is 0.211. The molecule has 3 rings (SSSR count). The Hall–Kier alpha value is -2.59. The summed E-state index contributed by atoms with van der Waals surface area (Å²) in [6.45, 7) is 4.44. The Balaban J connectivity index is 1.61. The third kappa shape index (κ3) is 3.60. The highest BCUT2D eigenvalue weighted by Crippen LogP contribution is 2.25. The molecule has 0 spiro atoms. The third-order valence-electron chi connectivity index (χ3n) is 3.89. The maximum atomic E-state index is 12.0. The third-order valence-corrected chi connectivity index (χ3v) is 3.89. The number of amides is 1. The summed E-state index contributed by atoms with van der Waals surface area (Å²) in [5, 5.41) is 0.978. The average Bonchev–Trinajstić information content (AvgIpc) is 2.91. The molecule has 0 unspecified atom stereocenters. The second-order valence-corrected chi connectivity index (χ2v) is 5.67. The number of rotatable bonds is 5. The van der Waals surface area contributed by atoms with Crippen LogP contribution in [0.5, 0.6) is 0 Å². The van der Waals surface area contributed by atoms with Crippen LogP contribution in [0.1, 0.15) is 22.3 Å². The minimum Gasteiger partial charge on any atom is -0.464 e. The molecule has 3 aromatic rings. The molecular formula is C19H19NO3. The standard InChI is InChI=1S/C19H19NO3/c1-13-8-17-16(12-22-18(17)9-14(13)2)10-19(21)20-23-11-15-6-4-3-5-7-15/h3-9,12H,10-11H2,1-2H3,(H,20,21). The van der Waals surface area contributed by atoms with Crippen LogP contribution in [-0.2, 0) is 22.7 Å². The summed E-state index contributed by atoms with van der Waals surface area (Å²) in [5.74, 6) is -0.193. The molecule has 0 atom stereocenters. The Morgan fingerprint density at radius 2 is 1.87 bits per heavy atom. The molecule has 0 saturated carbocycles. The monoisotopic (exact) mass is 309 g/mol. The molecule has 2 aromatic carbocycles. The second kappa shape index (κ2) is 6.67. The van der Waals surface area contributed by atoms with E-state index in [1.54, 1.807) is 6.26 Å². The summed E-state index contributed by atoms with van der Waals surface area (Å²) < 4.78 is 5.54. The van der Waals surface area contributed by atoms with Gasteiger partial charge in [0.15, 0.2) is 0 Å². The van der Waals surface area contributed by atoms with Gasteiger partial charge in [-0.1, -0.05) is 30.3 Å². The van der Waals surface area contributed by atoms with Crippen molar-refractivity contribution >= 4 is 16.9 Å². The van der Waals surface area contributed by atoms with Crippen molar-refractivity contribution in [2.45, 2.75) is 26.9 Å². The molecule has 0 bridgehead atoms. The normalized spacial score (nSPS) is 10.9. The predicted molar refractivity (Wildman–Crippen MR) is 88.8 cm³/mol. The van der Waals surface area contributed by atoms with Crippen molar-refractivity contribution in [1.82, 2.24) is 5.48 Å². The van der Waals surface area contributed by atoms with Crippen molar-refractivity contribution < 1.29 is 14.0 Å². The predicted octanol–water partition coefficient (Wildman–Crippen LogP) is 3.84. The topological polar surface area (TPSA) is 51.5 Å². The van der Waals surface area contributed by atoms with E-state index in [2.05, 4.69) is 18.5 Å². The molecule has 1 aromatic heterocycles. The van der Waals surface area contributed by atoms with Crippen LogP contribution < -0.4 is 5.48 Å². The van der Waals surface area contributed by atoms with Crippen molar-refractivity contribution in [3.05, 3.63) is 71.0 Å². The lowest BCUT2D eigenvalue weighted by atomic mass is 10.0. The molecule has 0 aliphatic rings. The molecule has 4 heteroatoms. The zero-order valence-corrected chi connectivity index (χ0v) is 13.3. The zero-order valence-electron chi connectivity index (χ0n) is 13.3. The average molecular weight is 309 g/mol. The van der Waals surface area contributed by atoms with Crippen LogP contribution in [0.2, 0.25) is 0 Å². The van der Waals surface area contributed by atoms with Crippen LogP contribution >= 0.6 is 0 Å². The molecule has 0 fully saturated rings. The van der Waals surface area contributed by atoms with E-state index in [9.17, 15) is 4.79 Å². The van der Waals surface area contributed by atoms with Gasteiger partial charge in [-0.05, 0) is 42.7 Å². The molecule has 4 nitrogen and oxygen atoms in total. The number of hydroxylamine groups is 1. The number of furan rings is 1. The van der Waals surface area contributed by atoms with E-state index in [-0.39, 0.29) is 12.3 Å². The SMILES string of the molecule is Cc1cc2occ(CC(=O)NOCc3ccccc3)c2cc1C. The van der Waals surface area contributed by atoms with E-state index in [0.29, 0.717) is 6.61 Å². The lowest BCUT2D eigenvalue weighted by molar-refractivity contribution is -0.133. The molecule has 1 amide bonds. The fourth-order valence-corrected chi connectivity index (χ4v) is 2.46. The minimum atomic E-state index is -0.193. The van der Waals surface area contributed by atoms with Gasteiger partial charge in [0.25, 0.3) is 0 Å². The lowest BCUT2D eigenvalue weighted by Gasteiger charge is -2.06. The Morgan fingerprint density at radius 3 is 2.65 bits per heavy atom. The van der Waals surface area contributed by atoms with E-state index < -0.39 is 0 Å². The van der Waals surface area contributed by atoms with Gasteiger partial charge in [-0.2, -0.15) is 0 Å². The van der Waals surface area contributed by atoms with Gasteiger partial charge in [0.05, 0.1) is 19.3 Å². The Morgan fingerprint density at radius 1 is 1.13 bits per heavy atom. The highest BCUT2D eigenvalue weighted by atomic mass is 16.6. The summed E-state index contributed by atoms with van der Waals surface area (Å²) in [6.07, 6.45) is 1.87. The molecule has 23 heavy (non-hydrogen) atoms. The zero-order chi connectivity index (χ0) is 16.2. The summed E-state index contributed by atoms with van der Waals surface area (Å²) in [6, 6.07) is 13.8. The van der Waals surface area contributed by atoms with Crippen molar-refractivity contribution in [1.29, 1.82) is 0 Å². The van der Waals surface area contributed by atoms with E-state index in [0.717, 1.165) is 22.1 Å². The number of carbonyl (C=O) groups is 1. The molecule has 0 radical (unpaired) electrons. The number of hydrogen-bond donors (Lipinski definition) is 1. The molecular weight excluding hydrogens is 290 g/mol. The van der Waals surface area contributed by atoms with Crippen LogP contribution in [0.3, 0.4) is 0 Å².